The Morgan fingerprint density at radius 1 is 1.70 bits per heavy atom. The van der Waals surface area contributed by atoms with Crippen molar-refractivity contribution >= 4 is 12.4 Å². The Morgan fingerprint density at radius 3 is 2.70 bits per heavy atom. The van der Waals surface area contributed by atoms with Gasteiger partial charge in [0.2, 0.25) is 0 Å². The molecule has 10 heavy (non-hydrogen) atoms. The van der Waals surface area contributed by atoms with E-state index in [9.17, 15) is 0 Å². The number of nitriles is 1. The first-order valence-electron chi connectivity index (χ1n) is 3.45. The molecule has 3 heteroatoms. The van der Waals surface area contributed by atoms with E-state index in [2.05, 4.69) is 18.3 Å². The third-order valence-electron chi connectivity index (χ3n) is 1.83. The maximum atomic E-state index is 8.20. The maximum Gasteiger partial charge on any atom is 0.0843 e. The van der Waals surface area contributed by atoms with Crippen molar-refractivity contribution in [3.8, 4) is 6.07 Å². The Balaban J connectivity index is 0.000000810. The molecule has 1 saturated carbocycles. The highest BCUT2D eigenvalue weighted by molar-refractivity contribution is 5.85. The lowest BCUT2D eigenvalue weighted by Gasteiger charge is -2.07. The summed E-state index contributed by atoms with van der Waals surface area (Å²) in [5.41, 5.74) is 0. The van der Waals surface area contributed by atoms with E-state index in [1.807, 2.05) is 0 Å². The zero-order valence-corrected chi connectivity index (χ0v) is 6.95. The van der Waals surface area contributed by atoms with Gasteiger partial charge in [0, 0.05) is 6.04 Å². The van der Waals surface area contributed by atoms with Crippen LogP contribution in [-0.4, -0.2) is 12.6 Å². The molecular weight excluding hydrogens is 148 g/mol. The lowest BCUT2D eigenvalue weighted by Crippen LogP contribution is -2.27. The SMILES string of the molecule is C[C@@H](NCC#N)C1CC1.Cl. The second-order valence-electron chi connectivity index (χ2n) is 2.67. The van der Waals surface area contributed by atoms with Gasteiger partial charge in [-0.05, 0) is 25.7 Å². The summed E-state index contributed by atoms with van der Waals surface area (Å²) in [6.07, 6.45) is 2.69. The molecule has 1 aliphatic carbocycles. The number of nitrogens with zero attached hydrogens (tertiary/aromatic N) is 1. The quantitative estimate of drug-likeness (QED) is 0.633. The number of hydrogen-bond donors (Lipinski definition) is 1. The molecule has 0 aromatic carbocycles. The predicted octanol–water partition coefficient (Wildman–Crippen LogP) is 1.32. The van der Waals surface area contributed by atoms with E-state index < -0.39 is 0 Å². The molecule has 0 aliphatic heterocycles. The molecule has 1 aliphatic rings. The van der Waals surface area contributed by atoms with Crippen LogP contribution in [-0.2, 0) is 0 Å². The van der Waals surface area contributed by atoms with Gasteiger partial charge in [-0.2, -0.15) is 5.26 Å². The minimum Gasteiger partial charge on any atom is -0.302 e. The summed E-state index contributed by atoms with van der Waals surface area (Å²) in [7, 11) is 0. The molecule has 1 N–H and O–H groups in total. The van der Waals surface area contributed by atoms with Gasteiger partial charge < -0.3 is 5.32 Å². The fourth-order valence-electron chi connectivity index (χ4n) is 0.970. The number of rotatable bonds is 3. The van der Waals surface area contributed by atoms with Gasteiger partial charge in [-0.3, -0.25) is 0 Å². The summed E-state index contributed by atoms with van der Waals surface area (Å²) in [4.78, 5) is 0. The highest BCUT2D eigenvalue weighted by Crippen LogP contribution is 2.31. The van der Waals surface area contributed by atoms with Crippen LogP contribution < -0.4 is 5.32 Å². The van der Waals surface area contributed by atoms with Gasteiger partial charge in [0.1, 0.15) is 0 Å². The van der Waals surface area contributed by atoms with E-state index in [0.29, 0.717) is 12.6 Å². The van der Waals surface area contributed by atoms with Crippen molar-refractivity contribution in [3.63, 3.8) is 0 Å². The molecule has 0 unspecified atom stereocenters. The Morgan fingerprint density at radius 2 is 2.30 bits per heavy atom. The normalized spacial score (nSPS) is 18.8. The first-order chi connectivity index (χ1) is 4.34. The highest BCUT2D eigenvalue weighted by atomic mass is 35.5. The molecule has 0 aromatic heterocycles. The number of hydrogen-bond acceptors (Lipinski definition) is 2. The summed E-state index contributed by atoms with van der Waals surface area (Å²) in [5, 5.41) is 11.3. The fraction of sp³-hybridized carbons (Fsp3) is 0.857. The van der Waals surface area contributed by atoms with Gasteiger partial charge in [-0.15, -0.1) is 12.4 Å². The fourth-order valence-corrected chi connectivity index (χ4v) is 0.970. The van der Waals surface area contributed by atoms with Crippen molar-refractivity contribution in [1.82, 2.24) is 5.32 Å². The van der Waals surface area contributed by atoms with E-state index >= 15 is 0 Å². The summed E-state index contributed by atoms with van der Waals surface area (Å²) in [6, 6.07) is 2.63. The molecule has 0 aromatic rings. The molecule has 0 radical (unpaired) electrons. The van der Waals surface area contributed by atoms with Crippen LogP contribution in [0.25, 0.3) is 0 Å². The predicted molar refractivity (Wildman–Crippen MR) is 43.0 cm³/mol. The molecule has 0 spiro atoms. The van der Waals surface area contributed by atoms with Crippen LogP contribution >= 0.6 is 12.4 Å². The Labute approximate surface area is 68.0 Å². The van der Waals surface area contributed by atoms with Crippen LogP contribution in [0.4, 0.5) is 0 Å². The lowest BCUT2D eigenvalue weighted by atomic mass is 10.2. The monoisotopic (exact) mass is 160 g/mol. The molecule has 58 valence electrons. The number of halogens is 1. The summed E-state index contributed by atoms with van der Waals surface area (Å²) >= 11 is 0. The minimum atomic E-state index is 0. The van der Waals surface area contributed by atoms with Crippen molar-refractivity contribution in [1.29, 1.82) is 5.26 Å². The van der Waals surface area contributed by atoms with E-state index in [4.69, 9.17) is 5.26 Å². The summed E-state index contributed by atoms with van der Waals surface area (Å²) < 4.78 is 0. The molecule has 1 fully saturated rings. The van der Waals surface area contributed by atoms with Crippen LogP contribution in [0.2, 0.25) is 0 Å². The first-order valence-corrected chi connectivity index (χ1v) is 3.45. The standard InChI is InChI=1S/C7H12N2.ClH/c1-6(7-2-3-7)9-5-4-8;/h6-7,9H,2-3,5H2,1H3;1H/t6-;/m1./s1. The summed E-state index contributed by atoms with van der Waals surface area (Å²) in [6.45, 7) is 2.65. The average Bonchev–Trinajstić information content (AvgIpc) is 2.63. The lowest BCUT2D eigenvalue weighted by molar-refractivity contribution is 0.526. The Hall–Kier alpha value is -0.260. The second-order valence-corrected chi connectivity index (χ2v) is 2.67. The van der Waals surface area contributed by atoms with Gasteiger partial charge in [-0.1, -0.05) is 0 Å². The Kier molecular flexibility index (Phi) is 4.42. The topological polar surface area (TPSA) is 35.8 Å². The number of nitrogens with one attached hydrogen (secondary N) is 1. The zero-order valence-electron chi connectivity index (χ0n) is 6.13. The molecular formula is C7H13ClN2. The van der Waals surface area contributed by atoms with Crippen molar-refractivity contribution in [2.45, 2.75) is 25.8 Å². The third kappa shape index (κ3) is 3.05. The van der Waals surface area contributed by atoms with E-state index in [1.54, 1.807) is 0 Å². The van der Waals surface area contributed by atoms with Crippen LogP contribution in [0.15, 0.2) is 0 Å². The maximum absolute atomic E-state index is 8.20. The smallest absolute Gasteiger partial charge is 0.0843 e. The second kappa shape index (κ2) is 4.54. The van der Waals surface area contributed by atoms with Gasteiger partial charge in [0.15, 0.2) is 0 Å². The molecule has 0 amide bonds. The summed E-state index contributed by atoms with van der Waals surface area (Å²) in [5.74, 6) is 0.860. The highest BCUT2D eigenvalue weighted by Gasteiger charge is 2.26. The van der Waals surface area contributed by atoms with Gasteiger partial charge in [-0.25, -0.2) is 0 Å². The van der Waals surface area contributed by atoms with Crippen molar-refractivity contribution < 1.29 is 0 Å². The first kappa shape index (κ1) is 9.74. The molecule has 0 saturated heterocycles. The van der Waals surface area contributed by atoms with Gasteiger partial charge in [0.25, 0.3) is 0 Å². The van der Waals surface area contributed by atoms with Crippen LogP contribution in [0.5, 0.6) is 0 Å². The molecule has 0 heterocycles. The molecule has 0 bridgehead atoms. The van der Waals surface area contributed by atoms with Gasteiger partial charge >= 0.3 is 0 Å². The Bertz CT molecular complexity index is 126. The van der Waals surface area contributed by atoms with E-state index in [0.717, 1.165) is 5.92 Å². The van der Waals surface area contributed by atoms with Crippen LogP contribution in [0, 0.1) is 17.2 Å². The molecule has 1 atom stereocenters. The minimum absolute atomic E-state index is 0. The van der Waals surface area contributed by atoms with E-state index in [-0.39, 0.29) is 12.4 Å². The third-order valence-corrected chi connectivity index (χ3v) is 1.83. The van der Waals surface area contributed by atoms with Crippen LogP contribution in [0.1, 0.15) is 19.8 Å². The van der Waals surface area contributed by atoms with Gasteiger partial charge in [0.05, 0.1) is 12.6 Å². The van der Waals surface area contributed by atoms with Crippen molar-refractivity contribution in [2.75, 3.05) is 6.54 Å². The van der Waals surface area contributed by atoms with Crippen LogP contribution in [0.3, 0.4) is 0 Å². The van der Waals surface area contributed by atoms with Crippen molar-refractivity contribution in [3.05, 3.63) is 0 Å². The molecule has 1 rings (SSSR count). The zero-order chi connectivity index (χ0) is 6.69. The average molecular weight is 161 g/mol. The largest absolute Gasteiger partial charge is 0.302 e. The van der Waals surface area contributed by atoms with Crippen molar-refractivity contribution in [2.24, 2.45) is 5.92 Å². The van der Waals surface area contributed by atoms with E-state index in [1.165, 1.54) is 12.8 Å². The molecule has 2 nitrogen and oxygen atoms in total.